The maximum absolute atomic E-state index is 5.13. The molecule has 0 amide bonds. The van der Waals surface area contributed by atoms with E-state index in [1.165, 1.54) is 38.8 Å². The third kappa shape index (κ3) is 10.6. The van der Waals surface area contributed by atoms with E-state index >= 15 is 0 Å². The van der Waals surface area contributed by atoms with Crippen molar-refractivity contribution in [2.75, 3.05) is 0 Å². The molecule has 0 aliphatic rings. The highest BCUT2D eigenvalue weighted by molar-refractivity contribution is 9.36. The molecule has 0 aromatic heterocycles. The van der Waals surface area contributed by atoms with Gasteiger partial charge in [-0.2, -0.15) is 15.8 Å². The topological polar surface area (TPSA) is 0 Å². The Morgan fingerprint density at radius 1 is 0.400 bits per heavy atom. The molecule has 0 N–H and O–H groups in total. The van der Waals surface area contributed by atoms with Crippen LogP contribution < -0.4 is 15.8 Å². The van der Waals surface area contributed by atoms with Gasteiger partial charge < -0.3 is 0 Å². The van der Waals surface area contributed by atoms with Crippen molar-refractivity contribution in [3.8, 4) is 0 Å². The average Bonchev–Trinajstić information content (AvgIpc) is 2.86. The molecule has 0 aliphatic carbocycles. The first-order valence-corrected chi connectivity index (χ1v) is 47.8. The average molecular weight is 989 g/mol. The second-order valence-electron chi connectivity index (χ2n) is 24.2. The van der Waals surface area contributed by atoms with E-state index in [0.717, 1.165) is 0 Å². The van der Waals surface area contributed by atoms with Crippen LogP contribution in [-0.2, 0) is 0 Å². The predicted octanol–water partition coefficient (Wildman–Crippen LogP) is 13.9. The van der Waals surface area contributed by atoms with Gasteiger partial charge in [-0.1, -0.05) is 193 Å². The molecule has 1 atom stereocenters. The van der Waals surface area contributed by atoms with Gasteiger partial charge in [0.1, 0.15) is 0 Å². The van der Waals surface area contributed by atoms with Gasteiger partial charge in [-0.3, -0.25) is 0 Å². The minimum absolute atomic E-state index is 0.154. The van der Waals surface area contributed by atoms with Gasteiger partial charge in [-0.25, -0.2) is 0 Å². The number of rotatable bonds is 13. The van der Waals surface area contributed by atoms with E-state index in [9.17, 15) is 0 Å². The van der Waals surface area contributed by atoms with Gasteiger partial charge in [0, 0.05) is 48.4 Å². The molecule has 55 heavy (non-hydrogen) atoms. The first-order valence-electron chi connectivity index (χ1n) is 21.0. The lowest BCUT2D eigenvalue weighted by Gasteiger charge is -2.49. The van der Waals surface area contributed by atoms with Crippen molar-refractivity contribution < 1.29 is 0 Å². The molecular formula is C45H81BBr2Si7. The summed E-state index contributed by atoms with van der Waals surface area (Å²) in [5, 5.41) is 5.45. The molecule has 0 saturated carbocycles. The summed E-state index contributed by atoms with van der Waals surface area (Å²) < 4.78 is 0. The van der Waals surface area contributed by atoms with Gasteiger partial charge in [0.05, 0.1) is 0 Å². The van der Waals surface area contributed by atoms with E-state index in [2.05, 4.69) is 196 Å². The molecule has 1 unspecified atom stereocenters. The fourth-order valence-electron chi connectivity index (χ4n) is 12.4. The zero-order chi connectivity index (χ0) is 43.0. The summed E-state index contributed by atoms with van der Waals surface area (Å²) in [6, 6.07) is 15.7. The Bertz CT molecular complexity index is 1740. The van der Waals surface area contributed by atoms with E-state index in [-0.39, 0.29) is 5.13 Å². The Balaban J connectivity index is 3.03. The highest BCUT2D eigenvalue weighted by Gasteiger charge is 2.55. The molecule has 3 rings (SSSR count). The Hall–Kier alpha value is 0.203. The lowest BCUT2D eigenvalue weighted by Crippen LogP contribution is -2.71. The molecule has 0 nitrogen and oxygen atoms in total. The van der Waals surface area contributed by atoms with Crippen molar-refractivity contribution in [1.29, 1.82) is 0 Å². The summed E-state index contributed by atoms with van der Waals surface area (Å²) in [5.41, 5.74) is 15.2. The quantitative estimate of drug-likeness (QED) is 0.118. The maximum atomic E-state index is 5.13. The third-order valence-corrected chi connectivity index (χ3v) is 51.9. The van der Waals surface area contributed by atoms with Crippen molar-refractivity contribution in [2.24, 2.45) is 0 Å². The molecule has 0 spiro atoms. The van der Waals surface area contributed by atoms with Crippen LogP contribution in [0.1, 0.15) is 65.6 Å². The van der Waals surface area contributed by atoms with E-state index < -0.39 is 55.0 Å². The summed E-state index contributed by atoms with van der Waals surface area (Å²) in [6.45, 7) is 59.8. The van der Waals surface area contributed by atoms with E-state index in [0.29, 0.717) is 15.5 Å². The first-order chi connectivity index (χ1) is 24.4. The summed E-state index contributed by atoms with van der Waals surface area (Å²) in [5.74, 6) is 0. The smallest absolute Gasteiger partial charge is 0.152 e. The molecular weight excluding hydrogens is 908 g/mol. The zero-order valence-corrected chi connectivity index (χ0v) is 50.2. The van der Waals surface area contributed by atoms with Crippen molar-refractivity contribution in [2.45, 2.75) is 175 Å². The van der Waals surface area contributed by atoms with Gasteiger partial charge in [0.15, 0.2) is 6.56 Å². The van der Waals surface area contributed by atoms with Gasteiger partial charge in [0.25, 0.3) is 5.13 Å². The minimum Gasteiger partial charge on any atom is -0.152 e. The Labute approximate surface area is 365 Å². The Morgan fingerprint density at radius 2 is 0.673 bits per heavy atom. The molecule has 306 valence electrons. The Morgan fingerprint density at radius 3 is 0.945 bits per heavy atom. The fraction of sp³-hybridized carbons (Fsp3) is 0.600. The summed E-state index contributed by atoms with van der Waals surface area (Å²) in [4.78, 5) is 0. The van der Waals surface area contributed by atoms with Crippen LogP contribution in [-0.4, -0.2) is 60.1 Å². The summed E-state index contributed by atoms with van der Waals surface area (Å²) in [6.07, 6.45) is 0. The highest BCUT2D eigenvalue weighted by atomic mass is 79.9. The number of hydrogen-bond donors (Lipinski definition) is 0. The van der Waals surface area contributed by atoms with Crippen LogP contribution in [0.3, 0.4) is 0 Å². The van der Waals surface area contributed by atoms with Crippen LogP contribution in [0.15, 0.2) is 36.4 Å². The van der Waals surface area contributed by atoms with Crippen LogP contribution in [0.25, 0.3) is 0 Å². The molecule has 0 heterocycles. The number of hydrogen-bond acceptors (Lipinski definition) is 0. The highest BCUT2D eigenvalue weighted by Crippen LogP contribution is 2.46. The van der Waals surface area contributed by atoms with Crippen molar-refractivity contribution in [3.63, 3.8) is 0 Å². The number of halogens is 2. The Kier molecular flexibility index (Phi) is 14.9. The standard InChI is InChI=1S/C45H81BBr2Si7/c1-31-25-33(3)40(34(4)26-31)46(47)55(48,41-35(5)27-32(2)28-36(41)6)42-38(44(51(13,14)15)52(16,17)18)29-37(43(49(7,8)9)50(10,11)12)30-39(42)45(53(19,20)21)54(22,23)24/h25-30,43-45H,1-24H3. The predicted molar refractivity (Wildman–Crippen MR) is 284 cm³/mol. The minimum atomic E-state index is -2.88. The van der Waals surface area contributed by atoms with E-state index in [4.69, 9.17) is 31.0 Å². The second-order valence-corrected chi connectivity index (χ2v) is 66.3. The fourth-order valence-corrected chi connectivity index (χ4v) is 61.4. The van der Waals surface area contributed by atoms with E-state index in [1.807, 2.05) is 0 Å². The van der Waals surface area contributed by atoms with Gasteiger partial charge in [-0.05, 0) is 84.1 Å². The lowest BCUT2D eigenvalue weighted by molar-refractivity contribution is 1.10. The number of benzene rings is 3. The molecule has 0 bridgehead atoms. The monoisotopic (exact) mass is 986 g/mol. The molecule has 10 heteroatoms. The molecule has 3 aromatic rings. The molecule has 0 aliphatic heterocycles. The zero-order valence-electron chi connectivity index (χ0n) is 40.0. The number of aryl methyl sites for hydroxylation is 6. The van der Waals surface area contributed by atoms with Gasteiger partial charge in [0.2, 0.25) is 0 Å². The van der Waals surface area contributed by atoms with Crippen LogP contribution in [0.5, 0.6) is 0 Å². The molecule has 3 aromatic carbocycles. The second kappa shape index (κ2) is 16.6. The van der Waals surface area contributed by atoms with Gasteiger partial charge in [-0.15, -0.1) is 15.3 Å². The lowest BCUT2D eigenvalue weighted by atomic mass is 9.83. The van der Waals surface area contributed by atoms with Crippen molar-refractivity contribution in [1.82, 2.24) is 0 Å². The van der Waals surface area contributed by atoms with Crippen molar-refractivity contribution in [3.05, 3.63) is 86.5 Å². The van der Waals surface area contributed by atoms with Gasteiger partial charge >= 0.3 is 0 Å². The molecule has 0 saturated heterocycles. The normalized spacial score (nSPS) is 15.0. The molecule has 0 fully saturated rings. The van der Waals surface area contributed by atoms with Crippen LogP contribution in [0, 0.1) is 41.5 Å². The summed E-state index contributed by atoms with van der Waals surface area (Å²) in [7, 11) is -10.3. The van der Waals surface area contributed by atoms with Crippen LogP contribution in [0.2, 0.25) is 118 Å². The van der Waals surface area contributed by atoms with Crippen LogP contribution in [0.4, 0.5) is 0 Å². The van der Waals surface area contributed by atoms with Crippen LogP contribution >= 0.6 is 31.0 Å². The summed E-state index contributed by atoms with van der Waals surface area (Å²) >= 11 is 9.88. The third-order valence-electron chi connectivity index (χ3n) is 12.1. The van der Waals surface area contributed by atoms with E-state index in [1.54, 1.807) is 27.1 Å². The van der Waals surface area contributed by atoms with Crippen molar-refractivity contribution >= 4 is 107 Å². The maximum Gasteiger partial charge on any atom is 0.270 e. The first kappa shape index (κ1) is 49.6. The SMILES string of the molecule is Cc1cc(C)c(B(Br)[Si](Br)(c2c(C)cc(C)cc2C)c2c(C([Si](C)(C)C)[Si](C)(C)C)cc(C([Si](C)(C)C)[Si](C)(C)C)cc2C([Si](C)(C)C)[Si](C)(C)C)c(C)c1. The molecule has 0 radical (unpaired) electrons. The largest absolute Gasteiger partial charge is 0.270 e.